The molecule has 4 aliphatic rings. The van der Waals surface area contributed by atoms with Crippen molar-refractivity contribution in [3.63, 3.8) is 0 Å². The molecule has 0 saturated carbocycles. The Balaban J connectivity index is 1.53. The molecular formula is C21H22FN3O2. The van der Waals surface area contributed by atoms with E-state index in [4.69, 9.17) is 0 Å². The number of benzene rings is 1. The van der Waals surface area contributed by atoms with Crippen LogP contribution in [0.15, 0.2) is 42.7 Å². The lowest BCUT2D eigenvalue weighted by Gasteiger charge is -2.51. The first-order valence-corrected chi connectivity index (χ1v) is 9.57. The number of pyridine rings is 1. The molecule has 5 heterocycles. The van der Waals surface area contributed by atoms with E-state index in [1.807, 2.05) is 17.0 Å². The Morgan fingerprint density at radius 1 is 1.11 bits per heavy atom. The third kappa shape index (κ3) is 2.62. The van der Waals surface area contributed by atoms with Crippen LogP contribution in [-0.2, 0) is 0 Å². The van der Waals surface area contributed by atoms with Crippen molar-refractivity contribution >= 4 is 5.91 Å². The number of fused-ring (bicyclic) bond motifs is 2. The Kier molecular flexibility index (Phi) is 3.90. The third-order valence-corrected chi connectivity index (χ3v) is 6.58. The highest BCUT2D eigenvalue weighted by Crippen LogP contribution is 2.47. The number of carbonyl (C=O) groups is 1. The van der Waals surface area contributed by atoms with Crippen molar-refractivity contribution in [1.82, 2.24) is 14.8 Å². The zero-order valence-corrected chi connectivity index (χ0v) is 15.0. The molecule has 3 atom stereocenters. The molecule has 5 nitrogen and oxygen atoms in total. The first-order valence-electron chi connectivity index (χ1n) is 9.57. The van der Waals surface area contributed by atoms with E-state index in [1.54, 1.807) is 6.07 Å². The number of aromatic hydroxyl groups is 1. The topological polar surface area (TPSA) is 56.7 Å². The number of piperidine rings is 3. The van der Waals surface area contributed by atoms with Crippen LogP contribution in [0.3, 0.4) is 0 Å². The predicted molar refractivity (Wildman–Crippen MR) is 98.0 cm³/mol. The Bertz CT molecular complexity index is 864. The molecule has 140 valence electrons. The molecule has 1 aromatic heterocycles. The quantitative estimate of drug-likeness (QED) is 0.887. The second-order valence-corrected chi connectivity index (χ2v) is 7.86. The van der Waals surface area contributed by atoms with Crippen molar-refractivity contribution in [2.24, 2.45) is 5.92 Å². The van der Waals surface area contributed by atoms with Gasteiger partial charge in [0.1, 0.15) is 11.6 Å². The zero-order valence-electron chi connectivity index (χ0n) is 15.0. The minimum absolute atomic E-state index is 0.0782. The maximum atomic E-state index is 13.4. The van der Waals surface area contributed by atoms with Crippen LogP contribution in [0.4, 0.5) is 4.39 Å². The van der Waals surface area contributed by atoms with Crippen molar-refractivity contribution in [3.8, 4) is 5.75 Å². The molecule has 4 saturated heterocycles. The summed E-state index contributed by atoms with van der Waals surface area (Å²) in [5.41, 5.74) is 1.38. The molecule has 2 aromatic rings. The lowest BCUT2D eigenvalue weighted by atomic mass is 9.75. The summed E-state index contributed by atoms with van der Waals surface area (Å²) >= 11 is 0. The molecule has 2 bridgehead atoms. The van der Waals surface area contributed by atoms with Crippen LogP contribution in [0.1, 0.15) is 34.7 Å². The average molecular weight is 367 g/mol. The third-order valence-electron chi connectivity index (χ3n) is 6.58. The molecule has 27 heavy (non-hydrogen) atoms. The summed E-state index contributed by atoms with van der Waals surface area (Å²) in [6.07, 6.45) is 5.05. The van der Waals surface area contributed by atoms with Gasteiger partial charge in [-0.1, -0.05) is 12.1 Å². The molecule has 0 unspecified atom stereocenters. The molecule has 1 aromatic carbocycles. The Morgan fingerprint density at radius 2 is 1.85 bits per heavy atom. The van der Waals surface area contributed by atoms with Gasteiger partial charge >= 0.3 is 0 Å². The van der Waals surface area contributed by atoms with Crippen LogP contribution in [0, 0.1) is 11.7 Å². The van der Waals surface area contributed by atoms with Gasteiger partial charge in [-0.15, -0.1) is 0 Å². The lowest BCUT2D eigenvalue weighted by molar-refractivity contribution is -0.00349. The number of aromatic nitrogens is 1. The van der Waals surface area contributed by atoms with E-state index in [1.165, 1.54) is 24.5 Å². The Hall–Kier alpha value is -2.47. The average Bonchev–Trinajstić information content (AvgIpc) is 3.12. The van der Waals surface area contributed by atoms with E-state index in [0.717, 1.165) is 31.5 Å². The molecule has 1 N–H and O–H groups in total. The van der Waals surface area contributed by atoms with Crippen LogP contribution < -0.4 is 0 Å². The van der Waals surface area contributed by atoms with Crippen molar-refractivity contribution in [2.75, 3.05) is 19.6 Å². The summed E-state index contributed by atoms with van der Waals surface area (Å²) in [6, 6.07) is 8.68. The standard InChI is InChI=1S/C21H22FN3O2/c22-15-3-1-13(2-4-15)17-12-25(21(27)16-5-8-23-11-18(16)26)19-14-6-9-24(10-7-14)20(17)19/h1-5,8,11,14,17,19-20,26H,6-7,9-10,12H2/t17-,19+,20+/m1/s1. The summed E-state index contributed by atoms with van der Waals surface area (Å²) in [7, 11) is 0. The molecule has 4 aliphatic heterocycles. The molecule has 4 fully saturated rings. The van der Waals surface area contributed by atoms with E-state index in [0.29, 0.717) is 18.0 Å². The summed E-state index contributed by atoms with van der Waals surface area (Å²) in [5, 5.41) is 10.1. The zero-order chi connectivity index (χ0) is 18.5. The van der Waals surface area contributed by atoms with E-state index in [2.05, 4.69) is 9.88 Å². The van der Waals surface area contributed by atoms with Crippen molar-refractivity contribution in [1.29, 1.82) is 0 Å². The fraction of sp³-hybridized carbons (Fsp3) is 0.429. The molecule has 1 amide bonds. The van der Waals surface area contributed by atoms with E-state index in [-0.39, 0.29) is 35.5 Å². The number of hydrogen-bond acceptors (Lipinski definition) is 4. The number of rotatable bonds is 2. The highest BCUT2D eigenvalue weighted by atomic mass is 19.1. The predicted octanol–water partition coefficient (Wildman–Crippen LogP) is 2.63. The second kappa shape index (κ2) is 6.30. The fourth-order valence-electron chi connectivity index (χ4n) is 5.38. The summed E-state index contributed by atoms with van der Waals surface area (Å²) in [5.74, 6) is 0.187. The summed E-state index contributed by atoms with van der Waals surface area (Å²) in [6.45, 7) is 2.71. The van der Waals surface area contributed by atoms with Gasteiger partial charge < -0.3 is 10.0 Å². The molecule has 6 rings (SSSR count). The van der Waals surface area contributed by atoms with Crippen molar-refractivity contribution < 1.29 is 14.3 Å². The number of halogens is 1. The Morgan fingerprint density at radius 3 is 2.56 bits per heavy atom. The number of likely N-dealkylation sites (tertiary alicyclic amines) is 1. The van der Waals surface area contributed by atoms with Crippen LogP contribution in [0.25, 0.3) is 0 Å². The SMILES string of the molecule is O=C(c1ccncc1O)N1C[C@H](c2ccc(F)cc2)[C@H]2[C@@H]1C1CCN2CC1. The lowest BCUT2D eigenvalue weighted by Crippen LogP contribution is -2.60. The number of nitrogens with zero attached hydrogens (tertiary/aromatic N) is 3. The smallest absolute Gasteiger partial charge is 0.258 e. The summed E-state index contributed by atoms with van der Waals surface area (Å²) < 4.78 is 13.4. The molecule has 0 aliphatic carbocycles. The maximum Gasteiger partial charge on any atom is 0.258 e. The van der Waals surface area contributed by atoms with Crippen LogP contribution in [0.5, 0.6) is 5.75 Å². The van der Waals surface area contributed by atoms with Gasteiger partial charge in [0.05, 0.1) is 17.8 Å². The van der Waals surface area contributed by atoms with Crippen LogP contribution in [0.2, 0.25) is 0 Å². The van der Waals surface area contributed by atoms with Crippen LogP contribution >= 0.6 is 0 Å². The van der Waals surface area contributed by atoms with Crippen molar-refractivity contribution in [2.45, 2.75) is 30.8 Å². The largest absolute Gasteiger partial charge is 0.505 e. The normalized spacial score (nSPS) is 31.7. The highest BCUT2D eigenvalue weighted by molar-refractivity contribution is 5.97. The maximum absolute atomic E-state index is 13.4. The molecule has 0 spiro atoms. The minimum atomic E-state index is -0.242. The van der Waals surface area contributed by atoms with Gasteiger partial charge in [-0.25, -0.2) is 4.39 Å². The van der Waals surface area contributed by atoms with Crippen molar-refractivity contribution in [3.05, 3.63) is 59.7 Å². The van der Waals surface area contributed by atoms with Crippen LogP contribution in [-0.4, -0.2) is 57.5 Å². The van der Waals surface area contributed by atoms with Gasteiger partial charge in [-0.2, -0.15) is 0 Å². The van der Waals surface area contributed by atoms with E-state index >= 15 is 0 Å². The first-order chi connectivity index (χ1) is 13.1. The highest BCUT2D eigenvalue weighted by Gasteiger charge is 2.54. The van der Waals surface area contributed by atoms with E-state index < -0.39 is 0 Å². The second-order valence-electron chi connectivity index (χ2n) is 7.86. The molecular weight excluding hydrogens is 345 g/mol. The van der Waals surface area contributed by atoms with Gasteiger partial charge in [-0.05, 0) is 55.6 Å². The number of amides is 1. The molecule has 0 radical (unpaired) electrons. The Labute approximate surface area is 157 Å². The first kappa shape index (κ1) is 16.7. The monoisotopic (exact) mass is 367 g/mol. The van der Waals surface area contributed by atoms with Gasteiger partial charge in [0, 0.05) is 24.7 Å². The number of carbonyl (C=O) groups excluding carboxylic acids is 1. The van der Waals surface area contributed by atoms with Gasteiger partial charge in [0.15, 0.2) is 0 Å². The van der Waals surface area contributed by atoms with E-state index in [9.17, 15) is 14.3 Å². The summed E-state index contributed by atoms with van der Waals surface area (Å²) in [4.78, 5) is 21.6. The van der Waals surface area contributed by atoms with Gasteiger partial charge in [0.2, 0.25) is 0 Å². The molecule has 6 heteroatoms. The minimum Gasteiger partial charge on any atom is -0.505 e. The number of hydrogen-bond donors (Lipinski definition) is 1. The fourth-order valence-corrected chi connectivity index (χ4v) is 5.38. The van der Waals surface area contributed by atoms with Gasteiger partial charge in [0.25, 0.3) is 5.91 Å². The van der Waals surface area contributed by atoms with Gasteiger partial charge in [-0.3, -0.25) is 14.7 Å².